The summed E-state index contributed by atoms with van der Waals surface area (Å²) in [5.74, 6) is -3.94. The summed E-state index contributed by atoms with van der Waals surface area (Å²) in [7, 11) is 0. The minimum atomic E-state index is -4.96. The molecular weight excluding hydrogens is 586 g/mol. The Kier molecular flexibility index (Phi) is 7.03. The number of benzene rings is 2. The van der Waals surface area contributed by atoms with Crippen LogP contribution in [0.5, 0.6) is 0 Å². The molecule has 2 saturated heterocycles. The monoisotopic (exact) mass is 610 g/mol. The third-order valence-corrected chi connectivity index (χ3v) is 9.16. The Hall–Kier alpha value is -3.52. The number of nitrogens with zero attached hydrogens (tertiary/aromatic N) is 4. The van der Waals surface area contributed by atoms with Gasteiger partial charge in [0.15, 0.2) is 5.83 Å². The molecule has 1 N–H and O–H groups in total. The molecule has 4 heterocycles. The lowest BCUT2D eigenvalue weighted by Gasteiger charge is -2.51. The molecule has 3 aliphatic heterocycles. The van der Waals surface area contributed by atoms with Crippen molar-refractivity contribution in [3.8, 4) is 11.1 Å². The average molecular weight is 611 g/mol. The van der Waals surface area contributed by atoms with Crippen LogP contribution < -0.4 is 10.6 Å². The molecule has 2 atom stereocenters. The van der Waals surface area contributed by atoms with Crippen LogP contribution in [-0.2, 0) is 17.5 Å². The lowest BCUT2D eigenvalue weighted by atomic mass is 9.88. The number of rotatable bonds is 3. The number of aromatic nitrogens is 2. The summed E-state index contributed by atoms with van der Waals surface area (Å²) in [4.78, 5) is 33.1. The molecule has 7 nitrogen and oxygen atoms in total. The number of amides is 1. The average Bonchev–Trinajstić information content (AvgIpc) is 3.13. The molecule has 2 fully saturated rings. The molecular formula is C28H24F6N4O3S. The highest BCUT2D eigenvalue weighted by Crippen LogP contribution is 2.49. The van der Waals surface area contributed by atoms with Gasteiger partial charge in [-0.3, -0.25) is 9.36 Å². The van der Waals surface area contributed by atoms with Crippen molar-refractivity contribution >= 4 is 34.4 Å². The van der Waals surface area contributed by atoms with Gasteiger partial charge in [0.25, 0.3) is 5.91 Å². The van der Waals surface area contributed by atoms with E-state index >= 15 is 4.39 Å². The normalized spacial score (nSPS) is 22.3. The summed E-state index contributed by atoms with van der Waals surface area (Å²) >= 11 is 1.05. The number of halogens is 6. The van der Waals surface area contributed by atoms with Gasteiger partial charge in [0.2, 0.25) is 0 Å². The predicted molar refractivity (Wildman–Crippen MR) is 144 cm³/mol. The van der Waals surface area contributed by atoms with Gasteiger partial charge in [-0.25, -0.2) is 18.0 Å². The van der Waals surface area contributed by atoms with Crippen molar-refractivity contribution in [2.24, 2.45) is 0 Å². The largest absolute Gasteiger partial charge is 0.417 e. The SMILES string of the molecule is C=C(F)C(=O)N1C2CC(O)CC1CN(c1nc(=O)n3c4c(c(-c5ccc(F)cc5F)c(C(F)(F)F)cc14)SCCC3)C2. The van der Waals surface area contributed by atoms with Gasteiger partial charge in [0, 0.05) is 47.1 Å². The molecule has 1 aromatic heterocycles. The van der Waals surface area contributed by atoms with E-state index in [1.54, 1.807) is 4.90 Å². The summed E-state index contributed by atoms with van der Waals surface area (Å²) < 4.78 is 87.9. The van der Waals surface area contributed by atoms with E-state index in [0.717, 1.165) is 30.0 Å². The third kappa shape index (κ3) is 4.74. The number of aliphatic hydroxyl groups excluding tert-OH is 1. The van der Waals surface area contributed by atoms with Gasteiger partial charge >= 0.3 is 11.9 Å². The number of hydrogen-bond acceptors (Lipinski definition) is 6. The van der Waals surface area contributed by atoms with Crippen LogP contribution >= 0.6 is 11.8 Å². The van der Waals surface area contributed by atoms with Gasteiger partial charge in [-0.2, -0.15) is 18.2 Å². The number of anilines is 1. The van der Waals surface area contributed by atoms with Gasteiger partial charge in [0.05, 0.1) is 29.3 Å². The maximum atomic E-state index is 15.0. The van der Waals surface area contributed by atoms with Crippen LogP contribution in [-0.4, -0.2) is 62.5 Å². The second-order valence-electron chi connectivity index (χ2n) is 10.7. The Balaban J connectivity index is 1.60. The first kappa shape index (κ1) is 28.6. The van der Waals surface area contributed by atoms with E-state index in [1.807, 2.05) is 0 Å². The minimum Gasteiger partial charge on any atom is -0.393 e. The number of carbonyl (C=O) groups is 1. The highest BCUT2D eigenvalue weighted by atomic mass is 32.2. The van der Waals surface area contributed by atoms with Crippen molar-refractivity contribution in [1.29, 1.82) is 0 Å². The summed E-state index contributed by atoms with van der Waals surface area (Å²) in [6.45, 7) is 3.18. The van der Waals surface area contributed by atoms with Crippen LogP contribution in [0, 0.1) is 11.6 Å². The van der Waals surface area contributed by atoms with E-state index < -0.39 is 70.1 Å². The molecule has 2 unspecified atom stereocenters. The lowest BCUT2D eigenvalue weighted by Crippen LogP contribution is -2.65. The van der Waals surface area contributed by atoms with Crippen LogP contribution in [0.1, 0.15) is 24.8 Å². The summed E-state index contributed by atoms with van der Waals surface area (Å²) in [6, 6.07) is 1.75. The number of alkyl halides is 3. The second kappa shape index (κ2) is 10.3. The first-order valence-corrected chi connectivity index (χ1v) is 14.2. The number of piperazine rings is 1. The van der Waals surface area contributed by atoms with Gasteiger partial charge in [0.1, 0.15) is 17.5 Å². The van der Waals surface area contributed by atoms with Crippen molar-refractivity contribution in [1.82, 2.24) is 14.5 Å². The van der Waals surface area contributed by atoms with Crippen molar-refractivity contribution in [2.45, 2.75) is 55.1 Å². The zero-order valence-corrected chi connectivity index (χ0v) is 22.7. The Bertz CT molecular complexity index is 1680. The number of aryl methyl sites for hydroxylation is 1. The Morgan fingerprint density at radius 1 is 1.12 bits per heavy atom. The standard InChI is InChI=1S/C28H24F6N4O3S/c1-13(29)26(40)38-15-8-17(39)9-16(38)12-36(11-15)25-19-10-20(28(32,33)34)22(18-4-3-14(30)7-21(18)31)24-23(19)37(27(41)35-25)5-2-6-42-24/h3-4,7,10,15-17,39H,1-2,5-6,8-9,11-12H2. The van der Waals surface area contributed by atoms with Crippen LogP contribution in [0.2, 0.25) is 0 Å². The van der Waals surface area contributed by atoms with Gasteiger partial charge in [-0.05, 0) is 43.2 Å². The van der Waals surface area contributed by atoms with Crippen LogP contribution in [0.4, 0.5) is 32.2 Å². The summed E-state index contributed by atoms with van der Waals surface area (Å²) in [5, 5.41) is 10.4. The van der Waals surface area contributed by atoms with E-state index in [4.69, 9.17) is 0 Å². The van der Waals surface area contributed by atoms with Crippen molar-refractivity contribution in [3.63, 3.8) is 0 Å². The van der Waals surface area contributed by atoms with E-state index in [9.17, 15) is 36.6 Å². The van der Waals surface area contributed by atoms with Crippen molar-refractivity contribution in [3.05, 3.63) is 64.4 Å². The number of piperidine rings is 1. The molecule has 0 aliphatic carbocycles. The molecule has 222 valence electrons. The second-order valence-corrected chi connectivity index (χ2v) is 11.8. The van der Waals surface area contributed by atoms with E-state index in [0.29, 0.717) is 18.2 Å². The van der Waals surface area contributed by atoms with Crippen LogP contribution in [0.25, 0.3) is 22.0 Å². The number of carbonyl (C=O) groups excluding carboxylic acids is 1. The van der Waals surface area contributed by atoms with Crippen LogP contribution in [0.3, 0.4) is 0 Å². The van der Waals surface area contributed by atoms with Gasteiger partial charge in [-0.15, -0.1) is 11.8 Å². The topological polar surface area (TPSA) is 78.7 Å². The maximum absolute atomic E-state index is 15.0. The number of thioether (sulfide) groups is 1. The third-order valence-electron chi connectivity index (χ3n) is 7.98. The molecule has 1 amide bonds. The summed E-state index contributed by atoms with van der Waals surface area (Å²) in [5.41, 5.74) is -2.67. The van der Waals surface area contributed by atoms with Gasteiger partial charge < -0.3 is 14.9 Å². The maximum Gasteiger partial charge on any atom is 0.417 e. The first-order valence-electron chi connectivity index (χ1n) is 13.2. The molecule has 0 radical (unpaired) electrons. The van der Waals surface area contributed by atoms with Crippen molar-refractivity contribution in [2.75, 3.05) is 23.7 Å². The fraction of sp³-hybridized carbons (Fsp3) is 0.393. The fourth-order valence-electron chi connectivity index (χ4n) is 6.36. The highest BCUT2D eigenvalue weighted by Gasteiger charge is 2.45. The van der Waals surface area contributed by atoms with E-state index in [1.165, 1.54) is 9.47 Å². The Morgan fingerprint density at radius 3 is 2.43 bits per heavy atom. The smallest absolute Gasteiger partial charge is 0.393 e. The lowest BCUT2D eigenvalue weighted by molar-refractivity contribution is -0.139. The predicted octanol–water partition coefficient (Wildman–Crippen LogP) is 4.88. The number of fused-ring (bicyclic) bond motifs is 2. The summed E-state index contributed by atoms with van der Waals surface area (Å²) in [6.07, 6.45) is -5.13. The molecule has 2 bridgehead atoms. The zero-order chi connectivity index (χ0) is 30.1. The molecule has 42 heavy (non-hydrogen) atoms. The molecule has 6 rings (SSSR count). The molecule has 0 spiro atoms. The van der Waals surface area contributed by atoms with Crippen LogP contribution in [0.15, 0.2) is 46.4 Å². The van der Waals surface area contributed by atoms with E-state index in [-0.39, 0.29) is 54.1 Å². The highest BCUT2D eigenvalue weighted by molar-refractivity contribution is 7.99. The number of aliphatic hydroxyl groups is 1. The number of hydrogen-bond donors (Lipinski definition) is 1. The quantitative estimate of drug-likeness (QED) is 0.337. The molecule has 3 aliphatic rings. The van der Waals surface area contributed by atoms with Crippen molar-refractivity contribution < 1.29 is 36.2 Å². The van der Waals surface area contributed by atoms with Gasteiger partial charge in [-0.1, -0.05) is 6.58 Å². The first-order chi connectivity index (χ1) is 19.8. The minimum absolute atomic E-state index is 0.00546. The zero-order valence-electron chi connectivity index (χ0n) is 21.9. The molecule has 3 aromatic rings. The fourth-order valence-corrected chi connectivity index (χ4v) is 7.56. The Labute approximate surface area is 239 Å². The molecule has 2 aromatic carbocycles. The molecule has 0 saturated carbocycles. The van der Waals surface area contributed by atoms with E-state index in [2.05, 4.69) is 11.6 Å². The Morgan fingerprint density at radius 2 is 1.81 bits per heavy atom. The molecule has 14 heteroatoms.